The summed E-state index contributed by atoms with van der Waals surface area (Å²) < 4.78 is 10.6. The number of rotatable bonds is 6. The van der Waals surface area contributed by atoms with Crippen LogP contribution >= 0.6 is 0 Å². The van der Waals surface area contributed by atoms with E-state index in [1.165, 1.54) is 6.08 Å². The van der Waals surface area contributed by atoms with E-state index in [-0.39, 0.29) is 23.9 Å². The highest BCUT2D eigenvalue weighted by Gasteiger charge is 2.13. The molecule has 1 heterocycles. The molecule has 0 aliphatic carbocycles. The number of phenols is 1. The molecule has 3 aromatic carbocycles. The molecule has 0 spiro atoms. The molecule has 0 unspecified atom stereocenters. The van der Waals surface area contributed by atoms with E-state index < -0.39 is 0 Å². The molecule has 0 amide bonds. The molecule has 2 N–H and O–H groups in total. The molecular formula is C24H21NO4. The van der Waals surface area contributed by atoms with Gasteiger partial charge in [-0.1, -0.05) is 36.4 Å². The number of phenolic OH excluding ortho intramolecular Hbond substituents is 1. The van der Waals surface area contributed by atoms with E-state index in [2.05, 4.69) is 5.32 Å². The zero-order valence-corrected chi connectivity index (χ0v) is 16.0. The molecule has 5 nitrogen and oxygen atoms in total. The molecule has 146 valence electrons. The number of anilines is 1. The van der Waals surface area contributed by atoms with Gasteiger partial charge in [-0.25, -0.2) is 0 Å². The molecule has 0 radical (unpaired) electrons. The summed E-state index contributed by atoms with van der Waals surface area (Å²) in [5, 5.41) is 13.5. The number of nitrogens with one attached hydrogen (secondary N) is 1. The standard InChI is InChI=1S/C24H21NO4/c1-16-4-2-3-5-20(16)25-14-18-7-10-22(27)19(12-18)21(26)9-6-17-8-11-23-24(13-17)29-15-28-23/h2-13,25,27H,14-15H2,1H3/b9-6+. The highest BCUT2D eigenvalue weighted by atomic mass is 16.7. The quantitative estimate of drug-likeness (QED) is 0.463. The van der Waals surface area contributed by atoms with Crippen molar-refractivity contribution in [3.05, 3.63) is 89.0 Å². The number of hydrogen-bond acceptors (Lipinski definition) is 5. The van der Waals surface area contributed by atoms with Crippen molar-refractivity contribution in [3.63, 3.8) is 0 Å². The number of aryl methyl sites for hydroxylation is 1. The molecular weight excluding hydrogens is 366 g/mol. The number of carbonyl (C=O) groups excluding carboxylic acids is 1. The Labute approximate surface area is 169 Å². The van der Waals surface area contributed by atoms with E-state index in [9.17, 15) is 9.90 Å². The normalized spacial score (nSPS) is 12.3. The molecule has 0 fully saturated rings. The minimum Gasteiger partial charge on any atom is -0.507 e. The van der Waals surface area contributed by atoms with Crippen LogP contribution in [0.4, 0.5) is 5.69 Å². The number of allylic oxidation sites excluding steroid dienone is 1. The highest BCUT2D eigenvalue weighted by Crippen LogP contribution is 2.33. The Hall–Kier alpha value is -3.73. The number of aromatic hydroxyl groups is 1. The summed E-state index contributed by atoms with van der Waals surface area (Å²) in [6.07, 6.45) is 3.15. The van der Waals surface area contributed by atoms with Crippen LogP contribution in [-0.2, 0) is 6.54 Å². The monoisotopic (exact) mass is 387 g/mol. The second kappa shape index (κ2) is 8.10. The van der Waals surface area contributed by atoms with E-state index >= 15 is 0 Å². The number of ketones is 1. The topological polar surface area (TPSA) is 67.8 Å². The molecule has 5 heteroatoms. The third kappa shape index (κ3) is 4.24. The molecule has 29 heavy (non-hydrogen) atoms. The van der Waals surface area contributed by atoms with Crippen LogP contribution in [0.1, 0.15) is 27.0 Å². The summed E-state index contributed by atoms with van der Waals surface area (Å²) in [5.74, 6) is 1.05. The van der Waals surface area contributed by atoms with Gasteiger partial charge < -0.3 is 19.9 Å². The number of fused-ring (bicyclic) bond motifs is 1. The van der Waals surface area contributed by atoms with Crippen molar-refractivity contribution in [1.29, 1.82) is 0 Å². The number of ether oxygens (including phenoxy) is 2. The zero-order valence-electron chi connectivity index (χ0n) is 16.0. The maximum atomic E-state index is 12.6. The lowest BCUT2D eigenvalue weighted by Crippen LogP contribution is -2.03. The minimum atomic E-state index is -0.266. The minimum absolute atomic E-state index is 0.0371. The van der Waals surface area contributed by atoms with Gasteiger partial charge in [-0.05, 0) is 60.0 Å². The van der Waals surface area contributed by atoms with Gasteiger partial charge >= 0.3 is 0 Å². The van der Waals surface area contributed by atoms with Crippen LogP contribution in [0.5, 0.6) is 17.2 Å². The Bertz CT molecular complexity index is 1090. The van der Waals surface area contributed by atoms with E-state index in [0.29, 0.717) is 18.0 Å². The van der Waals surface area contributed by atoms with Crippen molar-refractivity contribution < 1.29 is 19.4 Å². The third-order valence-corrected chi connectivity index (χ3v) is 4.78. The van der Waals surface area contributed by atoms with Crippen LogP contribution in [-0.4, -0.2) is 17.7 Å². The van der Waals surface area contributed by atoms with Gasteiger partial charge in [0.25, 0.3) is 0 Å². The van der Waals surface area contributed by atoms with Gasteiger partial charge in [-0.3, -0.25) is 4.79 Å². The largest absolute Gasteiger partial charge is 0.507 e. The van der Waals surface area contributed by atoms with Crippen molar-refractivity contribution in [2.75, 3.05) is 12.1 Å². The molecule has 0 bridgehead atoms. The van der Waals surface area contributed by atoms with Gasteiger partial charge in [-0.2, -0.15) is 0 Å². The molecule has 0 atom stereocenters. The Balaban J connectivity index is 1.48. The van der Waals surface area contributed by atoms with E-state index in [4.69, 9.17) is 9.47 Å². The second-order valence-corrected chi connectivity index (χ2v) is 6.83. The lowest BCUT2D eigenvalue weighted by molar-refractivity contribution is 0.104. The lowest BCUT2D eigenvalue weighted by Gasteiger charge is -2.10. The Morgan fingerprint density at radius 2 is 1.90 bits per heavy atom. The predicted molar refractivity (Wildman–Crippen MR) is 113 cm³/mol. The van der Waals surface area contributed by atoms with Crippen molar-refractivity contribution in [3.8, 4) is 17.2 Å². The Kier molecular flexibility index (Phi) is 5.20. The number of hydrogen-bond donors (Lipinski definition) is 2. The number of para-hydroxylation sites is 1. The molecule has 4 rings (SSSR count). The van der Waals surface area contributed by atoms with Crippen molar-refractivity contribution in [2.24, 2.45) is 0 Å². The summed E-state index contributed by atoms with van der Waals surface area (Å²) in [6, 6.07) is 18.6. The fourth-order valence-corrected chi connectivity index (χ4v) is 3.14. The summed E-state index contributed by atoms with van der Waals surface area (Å²) in [4.78, 5) is 12.6. The van der Waals surface area contributed by atoms with Gasteiger partial charge in [0, 0.05) is 12.2 Å². The average molecular weight is 387 g/mol. The van der Waals surface area contributed by atoms with Crippen molar-refractivity contribution in [2.45, 2.75) is 13.5 Å². The predicted octanol–water partition coefficient (Wildman–Crippen LogP) is 4.94. The fourth-order valence-electron chi connectivity index (χ4n) is 3.14. The van der Waals surface area contributed by atoms with Crippen LogP contribution in [0.15, 0.2) is 66.7 Å². The van der Waals surface area contributed by atoms with E-state index in [1.54, 1.807) is 24.3 Å². The Morgan fingerprint density at radius 3 is 2.76 bits per heavy atom. The summed E-state index contributed by atoms with van der Waals surface area (Å²) >= 11 is 0. The molecule has 1 aliphatic rings. The molecule has 0 saturated carbocycles. The average Bonchev–Trinajstić information content (AvgIpc) is 3.20. The van der Waals surface area contributed by atoms with Gasteiger partial charge in [0.1, 0.15) is 5.75 Å². The van der Waals surface area contributed by atoms with Crippen LogP contribution < -0.4 is 14.8 Å². The van der Waals surface area contributed by atoms with Gasteiger partial charge in [-0.15, -0.1) is 0 Å². The highest BCUT2D eigenvalue weighted by molar-refractivity contribution is 6.08. The first kappa shape index (κ1) is 18.6. The van der Waals surface area contributed by atoms with Crippen molar-refractivity contribution >= 4 is 17.5 Å². The van der Waals surface area contributed by atoms with Gasteiger partial charge in [0.05, 0.1) is 5.56 Å². The molecule has 0 aromatic heterocycles. The Morgan fingerprint density at radius 1 is 1.07 bits per heavy atom. The first-order valence-corrected chi connectivity index (χ1v) is 9.33. The van der Waals surface area contributed by atoms with Gasteiger partial charge in [0.15, 0.2) is 17.3 Å². The maximum absolute atomic E-state index is 12.6. The lowest BCUT2D eigenvalue weighted by atomic mass is 10.0. The third-order valence-electron chi connectivity index (χ3n) is 4.78. The smallest absolute Gasteiger partial charge is 0.231 e. The molecule has 3 aromatic rings. The van der Waals surface area contributed by atoms with Crippen LogP contribution in [0.25, 0.3) is 6.08 Å². The first-order valence-electron chi connectivity index (χ1n) is 9.33. The SMILES string of the molecule is Cc1ccccc1NCc1ccc(O)c(C(=O)/C=C/c2ccc3c(c2)OCO3)c1. The van der Waals surface area contributed by atoms with Crippen LogP contribution in [0.2, 0.25) is 0 Å². The maximum Gasteiger partial charge on any atom is 0.231 e. The second-order valence-electron chi connectivity index (χ2n) is 6.83. The molecule has 1 aliphatic heterocycles. The van der Waals surface area contributed by atoms with E-state index in [0.717, 1.165) is 22.4 Å². The van der Waals surface area contributed by atoms with Crippen LogP contribution in [0.3, 0.4) is 0 Å². The summed E-state index contributed by atoms with van der Waals surface area (Å²) in [7, 11) is 0. The van der Waals surface area contributed by atoms with Crippen molar-refractivity contribution in [1.82, 2.24) is 0 Å². The molecule has 0 saturated heterocycles. The first-order chi connectivity index (χ1) is 14.1. The summed E-state index contributed by atoms with van der Waals surface area (Å²) in [5.41, 5.74) is 4.18. The fraction of sp³-hybridized carbons (Fsp3) is 0.125. The summed E-state index contributed by atoms with van der Waals surface area (Å²) in [6.45, 7) is 2.80. The van der Waals surface area contributed by atoms with E-state index in [1.807, 2.05) is 49.4 Å². The van der Waals surface area contributed by atoms with Gasteiger partial charge in [0.2, 0.25) is 6.79 Å². The van der Waals surface area contributed by atoms with Crippen LogP contribution in [0, 0.1) is 6.92 Å². The zero-order chi connectivity index (χ0) is 20.2. The number of carbonyl (C=O) groups is 1. The number of benzene rings is 3.